The molecular formula is C11H13F3N4S. The number of thiazole rings is 1. The van der Waals surface area contributed by atoms with Gasteiger partial charge in [-0.05, 0) is 12.0 Å². The highest BCUT2D eigenvalue weighted by Gasteiger charge is 2.33. The molecule has 0 radical (unpaired) electrons. The van der Waals surface area contributed by atoms with Gasteiger partial charge in [0.2, 0.25) is 0 Å². The molecule has 0 aliphatic heterocycles. The van der Waals surface area contributed by atoms with E-state index >= 15 is 0 Å². The standard InChI is InChI=1S/C11H13F3N4S/c1-8(7-18-4-2-3-17-18)5-15-10-16-6-9(19-10)11(12,13)14/h2-4,6,8H,5,7H2,1H3,(H,15,16). The first-order valence-electron chi connectivity index (χ1n) is 5.69. The summed E-state index contributed by atoms with van der Waals surface area (Å²) in [7, 11) is 0. The molecule has 0 spiro atoms. The minimum atomic E-state index is -4.32. The zero-order valence-corrected chi connectivity index (χ0v) is 11.0. The average molecular weight is 290 g/mol. The Morgan fingerprint density at radius 3 is 2.84 bits per heavy atom. The van der Waals surface area contributed by atoms with E-state index in [0.29, 0.717) is 29.6 Å². The Morgan fingerprint density at radius 1 is 1.47 bits per heavy atom. The molecule has 0 aliphatic rings. The van der Waals surface area contributed by atoms with E-state index in [1.807, 2.05) is 19.2 Å². The molecule has 4 nitrogen and oxygen atoms in total. The molecule has 2 aromatic rings. The number of nitrogens with zero attached hydrogens (tertiary/aromatic N) is 3. The van der Waals surface area contributed by atoms with Crippen molar-refractivity contribution in [1.29, 1.82) is 0 Å². The van der Waals surface area contributed by atoms with Gasteiger partial charge in [-0.1, -0.05) is 18.3 Å². The Balaban J connectivity index is 1.83. The van der Waals surface area contributed by atoms with Gasteiger partial charge in [0.05, 0.1) is 6.20 Å². The summed E-state index contributed by atoms with van der Waals surface area (Å²) < 4.78 is 38.9. The third kappa shape index (κ3) is 3.95. The van der Waals surface area contributed by atoms with Gasteiger partial charge in [-0.2, -0.15) is 18.3 Å². The van der Waals surface area contributed by atoms with Crippen LogP contribution in [0, 0.1) is 5.92 Å². The third-order valence-electron chi connectivity index (χ3n) is 2.44. The van der Waals surface area contributed by atoms with Gasteiger partial charge in [-0.15, -0.1) is 0 Å². The summed E-state index contributed by atoms with van der Waals surface area (Å²) in [6, 6.07) is 1.83. The smallest absolute Gasteiger partial charge is 0.361 e. The molecule has 1 atom stereocenters. The Hall–Kier alpha value is -1.57. The van der Waals surface area contributed by atoms with Crippen LogP contribution in [0.2, 0.25) is 0 Å². The van der Waals surface area contributed by atoms with E-state index in [2.05, 4.69) is 15.4 Å². The highest BCUT2D eigenvalue weighted by molar-refractivity contribution is 7.15. The molecule has 2 rings (SSSR count). The maximum absolute atomic E-state index is 12.4. The highest BCUT2D eigenvalue weighted by Crippen LogP contribution is 2.34. The minimum Gasteiger partial charge on any atom is -0.361 e. The van der Waals surface area contributed by atoms with E-state index in [1.54, 1.807) is 10.9 Å². The number of nitrogens with one attached hydrogen (secondary N) is 1. The van der Waals surface area contributed by atoms with Crippen LogP contribution >= 0.6 is 11.3 Å². The number of alkyl halides is 3. The summed E-state index contributed by atoms with van der Waals surface area (Å²) in [4.78, 5) is 3.03. The molecule has 19 heavy (non-hydrogen) atoms. The van der Waals surface area contributed by atoms with E-state index in [4.69, 9.17) is 0 Å². The van der Waals surface area contributed by atoms with E-state index in [1.165, 1.54) is 0 Å². The maximum atomic E-state index is 12.4. The van der Waals surface area contributed by atoms with E-state index in [0.717, 1.165) is 6.20 Å². The van der Waals surface area contributed by atoms with Crippen LogP contribution in [-0.2, 0) is 12.7 Å². The van der Waals surface area contributed by atoms with Gasteiger partial charge in [0.25, 0.3) is 0 Å². The maximum Gasteiger partial charge on any atom is 0.427 e. The van der Waals surface area contributed by atoms with Crippen molar-refractivity contribution < 1.29 is 13.2 Å². The lowest BCUT2D eigenvalue weighted by Gasteiger charge is -2.11. The van der Waals surface area contributed by atoms with E-state index < -0.39 is 11.1 Å². The molecule has 1 unspecified atom stereocenters. The minimum absolute atomic E-state index is 0.234. The molecule has 1 N–H and O–H groups in total. The number of anilines is 1. The van der Waals surface area contributed by atoms with Gasteiger partial charge >= 0.3 is 6.18 Å². The van der Waals surface area contributed by atoms with E-state index in [9.17, 15) is 13.2 Å². The van der Waals surface area contributed by atoms with Crippen molar-refractivity contribution >= 4 is 16.5 Å². The number of hydrogen-bond donors (Lipinski definition) is 1. The van der Waals surface area contributed by atoms with Crippen molar-refractivity contribution in [2.45, 2.75) is 19.6 Å². The summed E-state index contributed by atoms with van der Waals surface area (Å²) in [5.41, 5.74) is 0. The molecule has 2 heterocycles. The molecule has 0 saturated carbocycles. The third-order valence-corrected chi connectivity index (χ3v) is 3.44. The normalized spacial score (nSPS) is 13.5. The van der Waals surface area contributed by atoms with Gasteiger partial charge in [0.1, 0.15) is 4.88 Å². The van der Waals surface area contributed by atoms with Crippen LogP contribution in [0.15, 0.2) is 24.7 Å². The Bertz CT molecular complexity index is 506. The fourth-order valence-electron chi connectivity index (χ4n) is 1.54. The van der Waals surface area contributed by atoms with Crippen molar-refractivity contribution in [1.82, 2.24) is 14.8 Å². The first kappa shape index (κ1) is 13.9. The molecular weight excluding hydrogens is 277 g/mol. The predicted molar refractivity (Wildman–Crippen MR) is 67.0 cm³/mol. The van der Waals surface area contributed by atoms with Crippen LogP contribution in [0.25, 0.3) is 0 Å². The van der Waals surface area contributed by atoms with Crippen molar-refractivity contribution in [3.63, 3.8) is 0 Å². The monoisotopic (exact) mass is 290 g/mol. The van der Waals surface area contributed by atoms with Crippen LogP contribution in [0.1, 0.15) is 11.8 Å². The van der Waals surface area contributed by atoms with Crippen molar-refractivity contribution in [3.05, 3.63) is 29.5 Å². The quantitative estimate of drug-likeness (QED) is 0.920. The molecule has 0 amide bonds. The summed E-state index contributed by atoms with van der Waals surface area (Å²) in [6.07, 6.45) is 0.0711. The lowest BCUT2D eigenvalue weighted by molar-refractivity contribution is -0.134. The van der Waals surface area contributed by atoms with Crippen molar-refractivity contribution in [3.8, 4) is 0 Å². The number of aromatic nitrogens is 3. The van der Waals surface area contributed by atoms with Gasteiger partial charge < -0.3 is 5.32 Å². The van der Waals surface area contributed by atoms with E-state index in [-0.39, 0.29) is 5.92 Å². The molecule has 104 valence electrons. The van der Waals surface area contributed by atoms with Crippen LogP contribution < -0.4 is 5.32 Å². The fourth-order valence-corrected chi connectivity index (χ4v) is 2.23. The van der Waals surface area contributed by atoms with Crippen LogP contribution in [-0.4, -0.2) is 21.3 Å². The lowest BCUT2D eigenvalue weighted by atomic mass is 10.2. The zero-order valence-electron chi connectivity index (χ0n) is 10.2. The van der Waals surface area contributed by atoms with Gasteiger partial charge in [-0.25, -0.2) is 4.98 Å². The first-order chi connectivity index (χ1) is 8.95. The predicted octanol–water partition coefficient (Wildman–Crippen LogP) is 3.11. The summed E-state index contributed by atoms with van der Waals surface area (Å²) in [5, 5.41) is 7.28. The SMILES string of the molecule is CC(CNc1ncc(C(F)(F)F)s1)Cn1cccn1. The van der Waals surface area contributed by atoms with Gasteiger partial charge in [0, 0.05) is 25.5 Å². The average Bonchev–Trinajstić information content (AvgIpc) is 2.95. The molecule has 0 aliphatic carbocycles. The van der Waals surface area contributed by atoms with Crippen molar-refractivity contribution in [2.24, 2.45) is 5.92 Å². The topological polar surface area (TPSA) is 42.7 Å². The second-order valence-electron chi connectivity index (χ2n) is 4.24. The molecule has 0 saturated heterocycles. The summed E-state index contributed by atoms with van der Waals surface area (Å²) in [5.74, 6) is 0.234. The number of hydrogen-bond acceptors (Lipinski definition) is 4. The summed E-state index contributed by atoms with van der Waals surface area (Å²) >= 11 is 0.620. The van der Waals surface area contributed by atoms with Crippen molar-refractivity contribution in [2.75, 3.05) is 11.9 Å². The molecule has 0 aromatic carbocycles. The summed E-state index contributed by atoms with van der Waals surface area (Å²) in [6.45, 7) is 3.25. The number of rotatable bonds is 5. The Labute approximate surface area is 112 Å². The van der Waals surface area contributed by atoms with Gasteiger partial charge in [0.15, 0.2) is 5.13 Å². The number of halogens is 3. The highest BCUT2D eigenvalue weighted by atomic mass is 32.1. The largest absolute Gasteiger partial charge is 0.427 e. The Morgan fingerprint density at radius 2 is 2.26 bits per heavy atom. The molecule has 0 fully saturated rings. The first-order valence-corrected chi connectivity index (χ1v) is 6.51. The second-order valence-corrected chi connectivity index (χ2v) is 5.27. The molecule has 0 bridgehead atoms. The zero-order chi connectivity index (χ0) is 13.9. The Kier molecular flexibility index (Phi) is 4.08. The molecule has 8 heteroatoms. The van der Waals surface area contributed by atoms with Crippen LogP contribution in [0.4, 0.5) is 18.3 Å². The fraction of sp³-hybridized carbons (Fsp3) is 0.455. The molecule has 2 aromatic heterocycles. The second kappa shape index (κ2) is 5.60. The van der Waals surface area contributed by atoms with Crippen LogP contribution in [0.3, 0.4) is 0 Å². The van der Waals surface area contributed by atoms with Gasteiger partial charge in [-0.3, -0.25) is 4.68 Å². The van der Waals surface area contributed by atoms with Crippen LogP contribution in [0.5, 0.6) is 0 Å². The lowest BCUT2D eigenvalue weighted by Crippen LogP contribution is -2.17.